The number of rotatable bonds is 3. The molecule has 0 radical (unpaired) electrons. The Labute approximate surface area is 102 Å². The van der Waals surface area contributed by atoms with Gasteiger partial charge in [-0.05, 0) is 31.9 Å². The quantitative estimate of drug-likeness (QED) is 0.878. The van der Waals surface area contributed by atoms with Gasteiger partial charge in [-0.25, -0.2) is 0 Å². The van der Waals surface area contributed by atoms with Crippen molar-refractivity contribution in [3.05, 3.63) is 53.3 Å². The highest BCUT2D eigenvalue weighted by atomic mass is 15.3. The molecule has 1 aromatic heterocycles. The molecule has 1 heterocycles. The minimum atomic E-state index is 0.0242. The highest BCUT2D eigenvalue weighted by molar-refractivity contribution is 5.27. The van der Waals surface area contributed by atoms with Crippen molar-refractivity contribution in [1.29, 1.82) is 0 Å². The van der Waals surface area contributed by atoms with E-state index in [1.165, 1.54) is 11.1 Å². The van der Waals surface area contributed by atoms with Crippen LogP contribution in [0.3, 0.4) is 0 Å². The summed E-state index contributed by atoms with van der Waals surface area (Å²) in [4.78, 5) is 0. The minimum absolute atomic E-state index is 0.0242. The molecule has 90 valence electrons. The molecule has 0 saturated carbocycles. The summed E-state index contributed by atoms with van der Waals surface area (Å²) in [6.07, 6.45) is 3.90. The fraction of sp³-hybridized carbons (Fsp3) is 0.357. The summed E-state index contributed by atoms with van der Waals surface area (Å²) < 4.78 is 1.95. The van der Waals surface area contributed by atoms with Crippen LogP contribution in [0.4, 0.5) is 0 Å². The fourth-order valence-corrected chi connectivity index (χ4v) is 2.14. The van der Waals surface area contributed by atoms with Gasteiger partial charge in [-0.15, -0.1) is 0 Å². The second kappa shape index (κ2) is 4.72. The molecule has 3 heteroatoms. The highest BCUT2D eigenvalue weighted by Gasteiger charge is 2.18. The molecule has 0 aliphatic carbocycles. The van der Waals surface area contributed by atoms with Gasteiger partial charge in [0.25, 0.3) is 0 Å². The van der Waals surface area contributed by atoms with Crippen LogP contribution in [-0.2, 0) is 0 Å². The number of benzene rings is 1. The molecule has 3 nitrogen and oxygen atoms in total. The largest absolute Gasteiger partial charge is 0.326 e. The lowest BCUT2D eigenvalue weighted by Gasteiger charge is -2.22. The lowest BCUT2D eigenvalue weighted by Crippen LogP contribution is -2.30. The third-order valence-electron chi connectivity index (χ3n) is 2.90. The van der Waals surface area contributed by atoms with Gasteiger partial charge in [0.2, 0.25) is 0 Å². The third kappa shape index (κ3) is 2.56. The number of nitrogens with zero attached hydrogens (tertiary/aromatic N) is 2. The summed E-state index contributed by atoms with van der Waals surface area (Å²) in [5.41, 5.74) is 9.71. The van der Waals surface area contributed by atoms with Gasteiger partial charge >= 0.3 is 0 Å². The molecule has 2 rings (SSSR count). The summed E-state index contributed by atoms with van der Waals surface area (Å²) in [5.74, 6) is 0. The maximum Gasteiger partial charge on any atom is 0.0916 e. The first-order valence-corrected chi connectivity index (χ1v) is 5.91. The molecular weight excluding hydrogens is 210 g/mol. The molecule has 0 saturated heterocycles. The fourth-order valence-electron chi connectivity index (χ4n) is 2.14. The number of aryl methyl sites for hydroxylation is 2. The number of nitrogens with two attached hydrogens (primary N) is 1. The molecule has 0 spiro atoms. The third-order valence-corrected chi connectivity index (χ3v) is 2.90. The van der Waals surface area contributed by atoms with E-state index in [1.807, 2.05) is 30.9 Å². The first-order valence-electron chi connectivity index (χ1n) is 5.91. The Bertz CT molecular complexity index is 500. The monoisotopic (exact) mass is 229 g/mol. The van der Waals surface area contributed by atoms with Crippen molar-refractivity contribution in [3.8, 4) is 0 Å². The van der Waals surface area contributed by atoms with E-state index < -0.39 is 0 Å². The Kier molecular flexibility index (Phi) is 3.29. The van der Waals surface area contributed by atoms with E-state index in [1.54, 1.807) is 0 Å². The average molecular weight is 229 g/mol. The minimum Gasteiger partial charge on any atom is -0.326 e. The Morgan fingerprint density at radius 1 is 1.24 bits per heavy atom. The summed E-state index contributed by atoms with van der Waals surface area (Å²) in [6.45, 7) is 6.15. The van der Waals surface area contributed by atoms with Gasteiger partial charge in [0.15, 0.2) is 0 Å². The van der Waals surface area contributed by atoms with E-state index >= 15 is 0 Å². The Balaban J connectivity index is 2.42. The molecular formula is C14H19N3. The molecule has 0 aliphatic rings. The number of hydrogen-bond acceptors (Lipinski definition) is 2. The van der Waals surface area contributed by atoms with Gasteiger partial charge in [-0.3, -0.25) is 4.68 Å². The zero-order valence-electron chi connectivity index (χ0n) is 10.6. The molecule has 17 heavy (non-hydrogen) atoms. The van der Waals surface area contributed by atoms with Crippen LogP contribution in [0.25, 0.3) is 0 Å². The van der Waals surface area contributed by atoms with Gasteiger partial charge in [-0.1, -0.05) is 29.8 Å². The topological polar surface area (TPSA) is 43.8 Å². The SMILES string of the molecule is Cc1cccc(C(C(C)N)n2cc(C)cn2)c1. The van der Waals surface area contributed by atoms with Crippen LogP contribution >= 0.6 is 0 Å². The first kappa shape index (κ1) is 11.9. The van der Waals surface area contributed by atoms with Crippen molar-refractivity contribution in [2.45, 2.75) is 32.9 Å². The Hall–Kier alpha value is -1.61. The van der Waals surface area contributed by atoms with Crippen LogP contribution in [0.5, 0.6) is 0 Å². The maximum atomic E-state index is 6.10. The smallest absolute Gasteiger partial charge is 0.0916 e. The summed E-state index contributed by atoms with van der Waals surface area (Å²) in [6, 6.07) is 8.56. The van der Waals surface area contributed by atoms with Gasteiger partial charge in [0.05, 0.1) is 12.2 Å². The second-order valence-corrected chi connectivity index (χ2v) is 4.72. The zero-order valence-corrected chi connectivity index (χ0v) is 10.6. The van der Waals surface area contributed by atoms with Crippen molar-refractivity contribution >= 4 is 0 Å². The van der Waals surface area contributed by atoms with Crippen LogP contribution in [0, 0.1) is 13.8 Å². The normalized spacial score (nSPS) is 14.6. The van der Waals surface area contributed by atoms with Crippen LogP contribution in [-0.4, -0.2) is 15.8 Å². The van der Waals surface area contributed by atoms with Crippen molar-refractivity contribution in [1.82, 2.24) is 9.78 Å². The molecule has 2 N–H and O–H groups in total. The van der Waals surface area contributed by atoms with Gasteiger partial charge in [0.1, 0.15) is 0 Å². The molecule has 0 fully saturated rings. The zero-order chi connectivity index (χ0) is 12.4. The number of hydrogen-bond donors (Lipinski definition) is 1. The van der Waals surface area contributed by atoms with E-state index in [0.717, 1.165) is 5.56 Å². The van der Waals surface area contributed by atoms with Crippen molar-refractivity contribution in [2.24, 2.45) is 5.73 Å². The van der Waals surface area contributed by atoms with Gasteiger partial charge in [-0.2, -0.15) is 5.10 Å². The van der Waals surface area contributed by atoms with Crippen LogP contribution in [0.1, 0.15) is 29.7 Å². The molecule has 0 bridgehead atoms. The van der Waals surface area contributed by atoms with E-state index in [9.17, 15) is 0 Å². The molecule has 0 aliphatic heterocycles. The van der Waals surface area contributed by atoms with Crippen LogP contribution < -0.4 is 5.73 Å². The summed E-state index contributed by atoms with van der Waals surface area (Å²) in [5, 5.41) is 4.38. The van der Waals surface area contributed by atoms with Crippen molar-refractivity contribution < 1.29 is 0 Å². The highest BCUT2D eigenvalue weighted by Crippen LogP contribution is 2.21. The molecule has 2 aromatic rings. The van der Waals surface area contributed by atoms with Gasteiger partial charge < -0.3 is 5.73 Å². The molecule has 1 aromatic carbocycles. The molecule has 2 atom stereocenters. The molecule has 2 unspecified atom stereocenters. The van der Waals surface area contributed by atoms with E-state index in [4.69, 9.17) is 5.73 Å². The summed E-state index contributed by atoms with van der Waals surface area (Å²) >= 11 is 0. The lowest BCUT2D eigenvalue weighted by molar-refractivity contribution is 0.453. The predicted octanol–water partition coefficient (Wildman–Crippen LogP) is 2.44. The Morgan fingerprint density at radius 3 is 2.53 bits per heavy atom. The number of aromatic nitrogens is 2. The van der Waals surface area contributed by atoms with Crippen LogP contribution in [0.15, 0.2) is 36.7 Å². The van der Waals surface area contributed by atoms with Crippen molar-refractivity contribution in [3.63, 3.8) is 0 Å². The van der Waals surface area contributed by atoms with Gasteiger partial charge in [0, 0.05) is 12.2 Å². The van der Waals surface area contributed by atoms with Crippen LogP contribution in [0.2, 0.25) is 0 Å². The molecule has 0 amide bonds. The van der Waals surface area contributed by atoms with E-state index in [-0.39, 0.29) is 12.1 Å². The average Bonchev–Trinajstić information content (AvgIpc) is 2.64. The maximum absolute atomic E-state index is 6.10. The van der Waals surface area contributed by atoms with E-state index in [0.29, 0.717) is 0 Å². The predicted molar refractivity (Wildman–Crippen MR) is 69.9 cm³/mol. The Morgan fingerprint density at radius 2 is 2.00 bits per heavy atom. The lowest BCUT2D eigenvalue weighted by atomic mass is 9.99. The van der Waals surface area contributed by atoms with Crippen molar-refractivity contribution in [2.75, 3.05) is 0 Å². The summed E-state index contributed by atoms with van der Waals surface area (Å²) in [7, 11) is 0. The van der Waals surface area contributed by atoms with E-state index in [2.05, 4.69) is 36.3 Å². The standard InChI is InChI=1S/C14H19N3/c1-10-5-4-6-13(7-10)14(12(3)15)17-9-11(2)8-16-17/h4-9,12,14H,15H2,1-3H3. The first-order chi connectivity index (χ1) is 8.08. The second-order valence-electron chi connectivity index (χ2n) is 4.72.